The van der Waals surface area contributed by atoms with E-state index in [9.17, 15) is 0 Å². The van der Waals surface area contributed by atoms with Crippen LogP contribution in [-0.4, -0.2) is 11.4 Å². The minimum atomic E-state index is 0.876. The first kappa shape index (κ1) is 17.6. The zero-order chi connectivity index (χ0) is 15.9. The molecule has 0 atom stereocenters. The lowest BCUT2D eigenvalue weighted by molar-refractivity contribution is 1.23. The minimum Gasteiger partial charge on any atom is -0.250 e. The molecule has 0 heterocycles. The fourth-order valence-electron chi connectivity index (χ4n) is 2.07. The lowest BCUT2D eigenvalue weighted by Crippen LogP contribution is -2.12. The third-order valence-corrected chi connectivity index (χ3v) is 5.04. The molecule has 114 valence electrons. The molecule has 4 heteroatoms. The van der Waals surface area contributed by atoms with Crippen LogP contribution in [0.5, 0.6) is 0 Å². The van der Waals surface area contributed by atoms with Crippen LogP contribution in [0.3, 0.4) is 0 Å². The molecule has 0 amide bonds. The van der Waals surface area contributed by atoms with Gasteiger partial charge < -0.3 is 0 Å². The van der Waals surface area contributed by atoms with Crippen LogP contribution >= 0.6 is 45.2 Å². The van der Waals surface area contributed by atoms with Crippen molar-refractivity contribution >= 4 is 68.0 Å². The SMILES string of the molecule is CCC(=Nc1ccccc1I)C(CC)=Nc1ccccc1I. The zero-order valence-electron chi connectivity index (χ0n) is 12.7. The van der Waals surface area contributed by atoms with Crippen molar-refractivity contribution in [3.63, 3.8) is 0 Å². The molecule has 0 fully saturated rings. The molecule has 0 saturated carbocycles. The number of hydrogen-bond donors (Lipinski definition) is 0. The number of nitrogens with zero attached hydrogens (tertiary/aromatic N) is 2. The summed E-state index contributed by atoms with van der Waals surface area (Å²) >= 11 is 4.65. The van der Waals surface area contributed by atoms with Crippen LogP contribution in [0.4, 0.5) is 11.4 Å². The van der Waals surface area contributed by atoms with E-state index in [4.69, 9.17) is 9.98 Å². The Bertz CT molecular complexity index is 644. The fraction of sp³-hybridized carbons (Fsp3) is 0.222. The molecular formula is C18H18I2N2. The van der Waals surface area contributed by atoms with E-state index in [1.54, 1.807) is 0 Å². The third kappa shape index (κ3) is 4.62. The number of aliphatic imine (C=N–C) groups is 2. The monoisotopic (exact) mass is 516 g/mol. The Hall–Kier alpha value is -0.760. The lowest BCUT2D eigenvalue weighted by Gasteiger charge is -2.08. The Morgan fingerprint density at radius 3 is 1.41 bits per heavy atom. The van der Waals surface area contributed by atoms with Gasteiger partial charge in [0.05, 0.1) is 22.8 Å². The first-order valence-electron chi connectivity index (χ1n) is 7.30. The first-order valence-corrected chi connectivity index (χ1v) is 9.46. The minimum absolute atomic E-state index is 0.876. The Kier molecular flexibility index (Phi) is 7.01. The number of para-hydroxylation sites is 2. The molecule has 0 N–H and O–H groups in total. The van der Waals surface area contributed by atoms with Crippen molar-refractivity contribution in [3.05, 3.63) is 55.7 Å². The largest absolute Gasteiger partial charge is 0.250 e. The molecule has 2 aromatic rings. The summed E-state index contributed by atoms with van der Waals surface area (Å²) in [5.74, 6) is 0. The summed E-state index contributed by atoms with van der Waals surface area (Å²) in [7, 11) is 0. The highest BCUT2D eigenvalue weighted by Crippen LogP contribution is 2.24. The van der Waals surface area contributed by atoms with E-state index < -0.39 is 0 Å². The standard InChI is InChI=1S/C18H18I2N2/c1-3-15(21-17-11-7-5-9-13(17)19)16(4-2)22-18-12-8-6-10-14(18)20/h5-12H,3-4H2,1-2H3. The summed E-state index contributed by atoms with van der Waals surface area (Å²) in [5, 5.41) is 0. The number of rotatable bonds is 5. The van der Waals surface area contributed by atoms with Crippen molar-refractivity contribution in [2.75, 3.05) is 0 Å². The summed E-state index contributed by atoms with van der Waals surface area (Å²) in [6.45, 7) is 4.27. The van der Waals surface area contributed by atoms with Crippen molar-refractivity contribution in [2.45, 2.75) is 26.7 Å². The molecule has 0 spiro atoms. The highest BCUT2D eigenvalue weighted by molar-refractivity contribution is 14.1. The second kappa shape index (κ2) is 8.76. The molecule has 2 rings (SSSR count). The number of halogens is 2. The van der Waals surface area contributed by atoms with Crippen molar-refractivity contribution in [3.8, 4) is 0 Å². The molecule has 0 aliphatic rings. The van der Waals surface area contributed by atoms with Crippen molar-refractivity contribution < 1.29 is 0 Å². The molecule has 0 radical (unpaired) electrons. The van der Waals surface area contributed by atoms with Gasteiger partial charge in [0.1, 0.15) is 0 Å². The van der Waals surface area contributed by atoms with E-state index in [2.05, 4.69) is 83.3 Å². The van der Waals surface area contributed by atoms with Gasteiger partial charge in [-0.15, -0.1) is 0 Å². The quantitative estimate of drug-likeness (QED) is 0.318. The molecule has 22 heavy (non-hydrogen) atoms. The summed E-state index contributed by atoms with van der Waals surface area (Å²) < 4.78 is 2.33. The predicted octanol–water partition coefficient (Wildman–Crippen LogP) is 6.56. The van der Waals surface area contributed by atoms with Crippen molar-refractivity contribution in [1.82, 2.24) is 0 Å². The molecule has 2 nitrogen and oxygen atoms in total. The van der Waals surface area contributed by atoms with E-state index in [0.29, 0.717) is 0 Å². The van der Waals surface area contributed by atoms with Gasteiger partial charge in [-0.05, 0) is 82.3 Å². The van der Waals surface area contributed by atoms with Crippen LogP contribution in [0.1, 0.15) is 26.7 Å². The molecule has 2 aromatic carbocycles. The maximum absolute atomic E-state index is 4.85. The van der Waals surface area contributed by atoms with Gasteiger partial charge >= 0.3 is 0 Å². The van der Waals surface area contributed by atoms with Crippen LogP contribution in [0.15, 0.2) is 58.5 Å². The van der Waals surface area contributed by atoms with Crippen LogP contribution in [0.2, 0.25) is 0 Å². The second-order valence-corrected chi connectivity index (χ2v) is 7.05. The summed E-state index contributed by atoms with van der Waals surface area (Å²) in [6.07, 6.45) is 1.75. The van der Waals surface area contributed by atoms with E-state index in [-0.39, 0.29) is 0 Å². The lowest BCUT2D eigenvalue weighted by atomic mass is 10.1. The first-order chi connectivity index (χ1) is 10.7. The van der Waals surface area contributed by atoms with E-state index in [1.165, 1.54) is 0 Å². The molecule has 0 unspecified atom stereocenters. The van der Waals surface area contributed by atoms with Gasteiger partial charge in [-0.3, -0.25) is 9.98 Å². The van der Waals surface area contributed by atoms with Crippen LogP contribution in [0.25, 0.3) is 0 Å². The Morgan fingerprint density at radius 1 is 0.727 bits per heavy atom. The van der Waals surface area contributed by atoms with Gasteiger partial charge in [0.2, 0.25) is 0 Å². The average molecular weight is 516 g/mol. The molecule has 0 aliphatic carbocycles. The van der Waals surface area contributed by atoms with Crippen LogP contribution in [-0.2, 0) is 0 Å². The summed E-state index contributed by atoms with van der Waals surface area (Å²) in [5.41, 5.74) is 4.16. The van der Waals surface area contributed by atoms with E-state index in [1.807, 2.05) is 24.3 Å². The highest BCUT2D eigenvalue weighted by Gasteiger charge is 2.08. The second-order valence-electron chi connectivity index (χ2n) is 4.73. The Labute approximate surface area is 159 Å². The van der Waals surface area contributed by atoms with Gasteiger partial charge in [-0.1, -0.05) is 38.1 Å². The van der Waals surface area contributed by atoms with Crippen molar-refractivity contribution in [1.29, 1.82) is 0 Å². The van der Waals surface area contributed by atoms with E-state index in [0.717, 1.165) is 42.8 Å². The average Bonchev–Trinajstić information content (AvgIpc) is 2.54. The summed E-state index contributed by atoms with van der Waals surface area (Å²) in [6, 6.07) is 16.4. The molecular weight excluding hydrogens is 498 g/mol. The van der Waals surface area contributed by atoms with Gasteiger partial charge in [-0.2, -0.15) is 0 Å². The molecule has 0 saturated heterocycles. The zero-order valence-corrected chi connectivity index (χ0v) is 17.0. The van der Waals surface area contributed by atoms with Crippen LogP contribution < -0.4 is 0 Å². The smallest absolute Gasteiger partial charge is 0.0767 e. The van der Waals surface area contributed by atoms with Gasteiger partial charge in [0.25, 0.3) is 0 Å². The van der Waals surface area contributed by atoms with Crippen molar-refractivity contribution in [2.24, 2.45) is 9.98 Å². The number of hydrogen-bond acceptors (Lipinski definition) is 2. The Morgan fingerprint density at radius 2 is 1.09 bits per heavy atom. The van der Waals surface area contributed by atoms with E-state index >= 15 is 0 Å². The maximum Gasteiger partial charge on any atom is 0.0767 e. The topological polar surface area (TPSA) is 24.7 Å². The van der Waals surface area contributed by atoms with Gasteiger partial charge in [0.15, 0.2) is 0 Å². The molecule has 0 aliphatic heterocycles. The van der Waals surface area contributed by atoms with Gasteiger partial charge in [-0.25, -0.2) is 0 Å². The number of benzene rings is 2. The van der Waals surface area contributed by atoms with Gasteiger partial charge in [0, 0.05) is 7.14 Å². The Balaban J connectivity index is 2.44. The fourth-order valence-corrected chi connectivity index (χ4v) is 3.09. The normalized spacial score (nSPS) is 12.5. The third-order valence-electron chi connectivity index (χ3n) is 3.22. The highest BCUT2D eigenvalue weighted by atomic mass is 127. The summed E-state index contributed by atoms with van der Waals surface area (Å²) in [4.78, 5) is 9.70. The molecule has 0 aromatic heterocycles. The maximum atomic E-state index is 4.85. The van der Waals surface area contributed by atoms with Crippen LogP contribution in [0, 0.1) is 7.14 Å². The predicted molar refractivity (Wildman–Crippen MR) is 113 cm³/mol. The molecule has 0 bridgehead atoms.